The number of esters is 1. The molecule has 2 amide bonds. The second kappa shape index (κ2) is 10.1. The Morgan fingerprint density at radius 2 is 1.48 bits per heavy atom. The molecule has 0 aromatic heterocycles. The molecule has 0 radical (unpaired) electrons. The zero-order valence-corrected chi connectivity index (χ0v) is 18.3. The molecule has 1 aromatic carbocycles. The number of carbonyl (C=O) groups excluding carboxylic acids is 3. The van der Waals surface area contributed by atoms with Gasteiger partial charge in [-0.1, -0.05) is 24.3 Å². The summed E-state index contributed by atoms with van der Waals surface area (Å²) in [6.45, 7) is 10.9. The molecule has 0 saturated carbocycles. The van der Waals surface area contributed by atoms with Crippen LogP contribution in [0.3, 0.4) is 0 Å². The van der Waals surface area contributed by atoms with E-state index in [4.69, 9.17) is 14.2 Å². The van der Waals surface area contributed by atoms with Gasteiger partial charge in [-0.05, 0) is 52.7 Å². The van der Waals surface area contributed by atoms with E-state index in [1.165, 1.54) is 7.11 Å². The molecule has 0 spiro atoms. The lowest BCUT2D eigenvalue weighted by Crippen LogP contribution is -2.36. The highest BCUT2D eigenvalue weighted by Gasteiger charge is 2.24. The van der Waals surface area contributed by atoms with Gasteiger partial charge in [0.25, 0.3) is 0 Å². The Morgan fingerprint density at radius 3 is 2.00 bits per heavy atom. The highest BCUT2D eigenvalue weighted by atomic mass is 16.6. The number of carbonyl (C=O) groups is 3. The number of ether oxygens (including phenoxy) is 3. The smallest absolute Gasteiger partial charge is 0.407 e. The number of hydrogen-bond donors (Lipinski definition) is 2. The first-order valence-corrected chi connectivity index (χ1v) is 9.41. The van der Waals surface area contributed by atoms with Crippen molar-refractivity contribution in [2.24, 2.45) is 0 Å². The van der Waals surface area contributed by atoms with Crippen molar-refractivity contribution in [3.8, 4) is 0 Å². The Labute approximate surface area is 172 Å². The Kier molecular flexibility index (Phi) is 8.48. The second-order valence-corrected chi connectivity index (χ2v) is 8.56. The SMILES string of the molecule is COC(=O)C(CNC(=O)OC(C)(C)C)c1cccc(CNC(=O)OC(C)(C)C)c1. The zero-order valence-electron chi connectivity index (χ0n) is 18.3. The number of rotatable bonds is 6. The molecule has 0 aliphatic rings. The molecule has 29 heavy (non-hydrogen) atoms. The molecule has 1 rings (SSSR count). The summed E-state index contributed by atoms with van der Waals surface area (Å²) in [5.74, 6) is -1.20. The third-order valence-corrected chi connectivity index (χ3v) is 3.52. The van der Waals surface area contributed by atoms with Gasteiger partial charge >= 0.3 is 18.2 Å². The number of methoxy groups -OCH3 is 1. The average Bonchev–Trinajstić information content (AvgIpc) is 2.57. The molecule has 0 aliphatic carbocycles. The lowest BCUT2D eigenvalue weighted by Gasteiger charge is -2.22. The first-order chi connectivity index (χ1) is 13.3. The van der Waals surface area contributed by atoms with Gasteiger partial charge in [0.2, 0.25) is 0 Å². The van der Waals surface area contributed by atoms with Gasteiger partial charge in [-0.2, -0.15) is 0 Å². The monoisotopic (exact) mass is 408 g/mol. The maximum atomic E-state index is 12.2. The van der Waals surface area contributed by atoms with Crippen LogP contribution in [0.1, 0.15) is 58.6 Å². The minimum Gasteiger partial charge on any atom is -0.468 e. The van der Waals surface area contributed by atoms with E-state index in [9.17, 15) is 14.4 Å². The van der Waals surface area contributed by atoms with Crippen molar-refractivity contribution in [1.29, 1.82) is 0 Å². The van der Waals surface area contributed by atoms with Crippen LogP contribution in [0.15, 0.2) is 24.3 Å². The van der Waals surface area contributed by atoms with Crippen molar-refractivity contribution in [2.45, 2.75) is 65.2 Å². The lowest BCUT2D eigenvalue weighted by atomic mass is 9.97. The Morgan fingerprint density at radius 1 is 0.931 bits per heavy atom. The van der Waals surface area contributed by atoms with Crippen molar-refractivity contribution in [2.75, 3.05) is 13.7 Å². The molecule has 0 aliphatic heterocycles. The van der Waals surface area contributed by atoms with E-state index in [1.54, 1.807) is 59.7 Å². The molecule has 0 bridgehead atoms. The predicted octanol–water partition coefficient (Wildman–Crippen LogP) is 3.49. The number of benzene rings is 1. The molecule has 1 atom stereocenters. The van der Waals surface area contributed by atoms with Crippen molar-refractivity contribution in [3.05, 3.63) is 35.4 Å². The number of alkyl carbamates (subject to hydrolysis) is 2. The highest BCUT2D eigenvalue weighted by molar-refractivity contribution is 5.79. The van der Waals surface area contributed by atoms with E-state index in [0.717, 1.165) is 5.56 Å². The zero-order chi connectivity index (χ0) is 22.2. The van der Waals surface area contributed by atoms with E-state index in [-0.39, 0.29) is 13.1 Å². The van der Waals surface area contributed by atoms with Gasteiger partial charge in [0.1, 0.15) is 11.2 Å². The van der Waals surface area contributed by atoms with Gasteiger partial charge in [0.15, 0.2) is 0 Å². The van der Waals surface area contributed by atoms with E-state index in [0.29, 0.717) is 5.56 Å². The quantitative estimate of drug-likeness (QED) is 0.552. The summed E-state index contributed by atoms with van der Waals surface area (Å²) in [4.78, 5) is 36.0. The Bertz CT molecular complexity index is 719. The third kappa shape index (κ3) is 9.82. The van der Waals surface area contributed by atoms with Gasteiger partial charge in [-0.25, -0.2) is 9.59 Å². The number of nitrogens with one attached hydrogen (secondary N) is 2. The van der Waals surface area contributed by atoms with Gasteiger partial charge in [-0.15, -0.1) is 0 Å². The van der Waals surface area contributed by atoms with Crippen LogP contribution in [-0.4, -0.2) is 43.0 Å². The standard InChI is InChI=1S/C21H32N2O6/c1-20(2,3)28-18(25)22-12-14-9-8-10-15(11-14)16(17(24)27-7)13-23-19(26)29-21(4,5)6/h8-11,16H,12-13H2,1-7H3,(H,22,25)(H,23,26). The summed E-state index contributed by atoms with van der Waals surface area (Å²) in [6.07, 6.45) is -1.15. The fourth-order valence-corrected chi connectivity index (χ4v) is 2.39. The van der Waals surface area contributed by atoms with Crippen LogP contribution in [0.4, 0.5) is 9.59 Å². The van der Waals surface area contributed by atoms with Crippen LogP contribution in [-0.2, 0) is 25.5 Å². The molecule has 0 heterocycles. The third-order valence-electron chi connectivity index (χ3n) is 3.52. The van der Waals surface area contributed by atoms with Crippen LogP contribution in [0, 0.1) is 0 Å². The molecule has 1 unspecified atom stereocenters. The van der Waals surface area contributed by atoms with E-state index < -0.39 is 35.3 Å². The maximum Gasteiger partial charge on any atom is 0.407 e. The molecular weight excluding hydrogens is 376 g/mol. The number of hydrogen-bond acceptors (Lipinski definition) is 6. The van der Waals surface area contributed by atoms with Crippen LogP contribution in [0.2, 0.25) is 0 Å². The first-order valence-electron chi connectivity index (χ1n) is 9.41. The molecule has 1 aromatic rings. The van der Waals surface area contributed by atoms with Crippen molar-refractivity contribution < 1.29 is 28.6 Å². The van der Waals surface area contributed by atoms with E-state index in [1.807, 2.05) is 6.07 Å². The molecular formula is C21H32N2O6. The number of amides is 2. The van der Waals surface area contributed by atoms with E-state index in [2.05, 4.69) is 10.6 Å². The Balaban J connectivity index is 2.82. The summed E-state index contributed by atoms with van der Waals surface area (Å²) in [5, 5.41) is 5.27. The van der Waals surface area contributed by atoms with Crippen LogP contribution >= 0.6 is 0 Å². The molecule has 162 valence electrons. The summed E-state index contributed by atoms with van der Waals surface area (Å²) in [7, 11) is 1.29. The second-order valence-electron chi connectivity index (χ2n) is 8.56. The average molecular weight is 408 g/mol. The van der Waals surface area contributed by atoms with Crippen LogP contribution in [0.5, 0.6) is 0 Å². The van der Waals surface area contributed by atoms with Crippen molar-refractivity contribution in [3.63, 3.8) is 0 Å². The fraction of sp³-hybridized carbons (Fsp3) is 0.571. The fourth-order valence-electron chi connectivity index (χ4n) is 2.39. The van der Waals surface area contributed by atoms with Gasteiger partial charge in [-0.3, -0.25) is 4.79 Å². The van der Waals surface area contributed by atoms with E-state index >= 15 is 0 Å². The normalized spacial score (nSPS) is 12.5. The summed E-state index contributed by atoms with van der Waals surface area (Å²) >= 11 is 0. The molecule has 2 N–H and O–H groups in total. The Hall–Kier alpha value is -2.77. The highest BCUT2D eigenvalue weighted by Crippen LogP contribution is 2.19. The van der Waals surface area contributed by atoms with Gasteiger partial charge in [0, 0.05) is 13.1 Å². The van der Waals surface area contributed by atoms with Gasteiger partial charge < -0.3 is 24.8 Å². The van der Waals surface area contributed by atoms with Gasteiger partial charge in [0.05, 0.1) is 13.0 Å². The van der Waals surface area contributed by atoms with Crippen molar-refractivity contribution in [1.82, 2.24) is 10.6 Å². The lowest BCUT2D eigenvalue weighted by molar-refractivity contribution is -0.142. The molecule has 8 heteroatoms. The maximum absolute atomic E-state index is 12.2. The predicted molar refractivity (Wildman–Crippen MR) is 109 cm³/mol. The molecule has 0 fully saturated rings. The summed E-state index contributed by atoms with van der Waals surface area (Å²) in [6, 6.07) is 7.12. The van der Waals surface area contributed by atoms with Crippen LogP contribution < -0.4 is 10.6 Å². The summed E-state index contributed by atoms with van der Waals surface area (Å²) in [5.41, 5.74) is 0.198. The molecule has 0 saturated heterocycles. The minimum atomic E-state index is -0.714. The summed E-state index contributed by atoms with van der Waals surface area (Å²) < 4.78 is 15.3. The van der Waals surface area contributed by atoms with Crippen LogP contribution in [0.25, 0.3) is 0 Å². The first kappa shape index (κ1) is 24.3. The molecule has 8 nitrogen and oxygen atoms in total. The minimum absolute atomic E-state index is 0.0184. The largest absolute Gasteiger partial charge is 0.468 e. The topological polar surface area (TPSA) is 103 Å². The van der Waals surface area contributed by atoms with Crippen molar-refractivity contribution >= 4 is 18.2 Å².